The van der Waals surface area contributed by atoms with Gasteiger partial charge < -0.3 is 4.98 Å². The molecule has 0 aliphatic heterocycles. The third kappa shape index (κ3) is 2.71. The summed E-state index contributed by atoms with van der Waals surface area (Å²) in [5.74, 6) is 0.742. The van der Waals surface area contributed by atoms with Crippen LogP contribution in [0.3, 0.4) is 0 Å². The van der Waals surface area contributed by atoms with E-state index in [0.717, 1.165) is 24.2 Å². The van der Waals surface area contributed by atoms with Crippen LogP contribution in [0.15, 0.2) is 40.5 Å². The molecule has 0 unspecified atom stereocenters. The fourth-order valence-electron chi connectivity index (χ4n) is 3.53. The van der Waals surface area contributed by atoms with E-state index in [4.69, 9.17) is 0 Å². The molecule has 118 valence electrons. The summed E-state index contributed by atoms with van der Waals surface area (Å²) in [6.45, 7) is 0.653. The van der Waals surface area contributed by atoms with E-state index in [1.165, 1.54) is 28.9 Å². The molecule has 1 atom stereocenters. The van der Waals surface area contributed by atoms with Gasteiger partial charge in [-0.15, -0.1) is 11.3 Å². The highest BCUT2D eigenvalue weighted by Crippen LogP contribution is 2.33. The maximum absolute atomic E-state index is 12.1. The number of hydrogen-bond acceptors (Lipinski definition) is 4. The van der Waals surface area contributed by atoms with Gasteiger partial charge in [0.15, 0.2) is 0 Å². The molecular formula is C18H19N3OS. The zero-order valence-electron chi connectivity index (χ0n) is 13.1. The first-order valence-electron chi connectivity index (χ1n) is 7.97. The number of H-pyrrole nitrogens is 1. The van der Waals surface area contributed by atoms with E-state index >= 15 is 0 Å². The first-order chi connectivity index (χ1) is 11.2. The lowest BCUT2D eigenvalue weighted by molar-refractivity contribution is 0.208. The monoisotopic (exact) mass is 325 g/mol. The molecule has 1 aliphatic rings. The summed E-state index contributed by atoms with van der Waals surface area (Å²) in [7, 11) is 2.12. The van der Waals surface area contributed by atoms with Crippen LogP contribution in [0.1, 0.15) is 35.8 Å². The van der Waals surface area contributed by atoms with Crippen molar-refractivity contribution >= 4 is 21.6 Å². The zero-order chi connectivity index (χ0) is 15.8. The predicted molar refractivity (Wildman–Crippen MR) is 93.8 cm³/mol. The summed E-state index contributed by atoms with van der Waals surface area (Å²) in [4.78, 5) is 21.9. The van der Waals surface area contributed by atoms with Crippen LogP contribution < -0.4 is 5.56 Å². The number of nitrogens with one attached hydrogen (secondary N) is 1. The van der Waals surface area contributed by atoms with Crippen molar-refractivity contribution in [2.24, 2.45) is 0 Å². The van der Waals surface area contributed by atoms with E-state index in [1.807, 2.05) is 11.4 Å². The lowest BCUT2D eigenvalue weighted by Crippen LogP contribution is -2.29. The van der Waals surface area contributed by atoms with Crippen LogP contribution in [0, 0.1) is 0 Å². The molecule has 2 heterocycles. The molecule has 1 aromatic carbocycles. The second-order valence-electron chi connectivity index (χ2n) is 6.17. The van der Waals surface area contributed by atoms with Crippen LogP contribution in [-0.2, 0) is 13.0 Å². The Balaban J connectivity index is 1.62. The van der Waals surface area contributed by atoms with Crippen molar-refractivity contribution in [3.8, 4) is 0 Å². The summed E-state index contributed by atoms with van der Waals surface area (Å²) in [5, 5.41) is 1.91. The van der Waals surface area contributed by atoms with Gasteiger partial charge in [0.2, 0.25) is 0 Å². The van der Waals surface area contributed by atoms with Gasteiger partial charge >= 0.3 is 0 Å². The maximum Gasteiger partial charge on any atom is 0.268 e. The second-order valence-corrected chi connectivity index (χ2v) is 7.09. The lowest BCUT2D eigenvalue weighted by Gasteiger charge is -2.33. The minimum atomic E-state index is -0.0301. The minimum absolute atomic E-state index is 0.0301. The molecular weight excluding hydrogens is 306 g/mol. The fourth-order valence-corrected chi connectivity index (χ4v) is 4.25. The molecule has 0 amide bonds. The summed E-state index contributed by atoms with van der Waals surface area (Å²) >= 11 is 1.44. The molecule has 4 nitrogen and oxygen atoms in total. The highest BCUT2D eigenvalue weighted by atomic mass is 32.1. The van der Waals surface area contributed by atoms with Crippen LogP contribution in [-0.4, -0.2) is 21.9 Å². The van der Waals surface area contributed by atoms with Gasteiger partial charge in [0, 0.05) is 6.04 Å². The van der Waals surface area contributed by atoms with Gasteiger partial charge in [0.25, 0.3) is 5.56 Å². The Bertz CT molecular complexity index is 898. The van der Waals surface area contributed by atoms with Crippen molar-refractivity contribution in [1.82, 2.24) is 14.9 Å². The van der Waals surface area contributed by atoms with Gasteiger partial charge in [-0.2, -0.15) is 0 Å². The molecule has 0 saturated carbocycles. The molecule has 1 N–H and O–H groups in total. The van der Waals surface area contributed by atoms with Crippen LogP contribution in [0.4, 0.5) is 0 Å². The van der Waals surface area contributed by atoms with Gasteiger partial charge in [0.1, 0.15) is 10.5 Å². The smallest absolute Gasteiger partial charge is 0.268 e. The number of aryl methyl sites for hydroxylation is 1. The van der Waals surface area contributed by atoms with Crippen molar-refractivity contribution < 1.29 is 0 Å². The van der Waals surface area contributed by atoms with Crippen molar-refractivity contribution in [3.63, 3.8) is 0 Å². The molecule has 0 saturated heterocycles. The molecule has 0 fully saturated rings. The Morgan fingerprint density at radius 1 is 1.35 bits per heavy atom. The molecule has 23 heavy (non-hydrogen) atoms. The predicted octanol–water partition coefficient (Wildman–Crippen LogP) is 3.49. The molecule has 5 heteroatoms. The van der Waals surface area contributed by atoms with Crippen LogP contribution in [0.25, 0.3) is 10.2 Å². The van der Waals surface area contributed by atoms with Crippen molar-refractivity contribution in [3.05, 3.63) is 63.0 Å². The average Bonchev–Trinajstić information content (AvgIpc) is 3.03. The third-order valence-electron chi connectivity index (χ3n) is 4.63. The lowest BCUT2D eigenvalue weighted by atomic mass is 9.87. The van der Waals surface area contributed by atoms with Gasteiger partial charge in [-0.25, -0.2) is 4.98 Å². The number of fused-ring (bicyclic) bond motifs is 2. The molecule has 4 rings (SSSR count). The number of aromatic nitrogens is 2. The molecule has 0 bridgehead atoms. The second kappa shape index (κ2) is 5.91. The fraction of sp³-hybridized carbons (Fsp3) is 0.333. The number of rotatable bonds is 3. The number of nitrogens with zero attached hydrogens (tertiary/aromatic N) is 2. The summed E-state index contributed by atoms with van der Waals surface area (Å²) in [6, 6.07) is 11.0. The highest BCUT2D eigenvalue weighted by molar-refractivity contribution is 7.17. The third-order valence-corrected chi connectivity index (χ3v) is 5.54. The van der Waals surface area contributed by atoms with E-state index in [1.54, 1.807) is 0 Å². The van der Waals surface area contributed by atoms with Crippen molar-refractivity contribution in [2.75, 3.05) is 7.05 Å². The molecule has 1 aliphatic carbocycles. The Morgan fingerprint density at radius 3 is 3.13 bits per heavy atom. The van der Waals surface area contributed by atoms with Crippen molar-refractivity contribution in [2.45, 2.75) is 31.8 Å². The average molecular weight is 325 g/mol. The highest BCUT2D eigenvalue weighted by Gasteiger charge is 2.23. The summed E-state index contributed by atoms with van der Waals surface area (Å²) in [5.41, 5.74) is 3.63. The van der Waals surface area contributed by atoms with E-state index in [-0.39, 0.29) is 5.56 Å². The number of benzene rings is 1. The topological polar surface area (TPSA) is 49.0 Å². The van der Waals surface area contributed by atoms with Gasteiger partial charge in [-0.05, 0) is 48.9 Å². The minimum Gasteiger partial charge on any atom is -0.308 e. The SMILES string of the molecule is CN(Cc1nc2ccsc2c(=O)[nH]1)[C@@H]1CCCc2ccccc21. The van der Waals surface area contributed by atoms with Gasteiger partial charge in [-0.1, -0.05) is 24.3 Å². The first-order valence-corrected chi connectivity index (χ1v) is 8.85. The summed E-state index contributed by atoms with van der Waals surface area (Å²) < 4.78 is 0.708. The largest absolute Gasteiger partial charge is 0.308 e. The quantitative estimate of drug-likeness (QED) is 0.802. The molecule has 3 aromatic rings. The number of aromatic amines is 1. The van der Waals surface area contributed by atoms with E-state index in [9.17, 15) is 4.79 Å². The van der Waals surface area contributed by atoms with E-state index < -0.39 is 0 Å². The normalized spacial score (nSPS) is 17.6. The Morgan fingerprint density at radius 2 is 2.22 bits per heavy atom. The van der Waals surface area contributed by atoms with Gasteiger partial charge in [-0.3, -0.25) is 9.69 Å². The van der Waals surface area contributed by atoms with Crippen LogP contribution in [0.5, 0.6) is 0 Å². The zero-order valence-corrected chi connectivity index (χ0v) is 13.9. The Labute approximate surface area is 138 Å². The van der Waals surface area contributed by atoms with E-state index in [2.05, 4.69) is 46.2 Å². The number of hydrogen-bond donors (Lipinski definition) is 1. The van der Waals surface area contributed by atoms with E-state index in [0.29, 0.717) is 17.3 Å². The molecule has 0 radical (unpaired) electrons. The van der Waals surface area contributed by atoms with Crippen LogP contribution >= 0.6 is 11.3 Å². The molecule has 0 spiro atoms. The van der Waals surface area contributed by atoms with Crippen molar-refractivity contribution in [1.29, 1.82) is 0 Å². The van der Waals surface area contributed by atoms with Gasteiger partial charge in [0.05, 0.1) is 12.1 Å². The first kappa shape index (κ1) is 14.6. The Hall–Kier alpha value is -1.98. The standard InChI is InChI=1S/C18H19N3OS/c1-21(15-8-4-6-12-5-2-3-7-13(12)15)11-16-19-14-9-10-23-17(14)18(22)20-16/h2-3,5,7,9-10,15H,4,6,8,11H2,1H3,(H,19,20,22)/t15-/m1/s1. The van der Waals surface area contributed by atoms with Crippen LogP contribution in [0.2, 0.25) is 0 Å². The maximum atomic E-state index is 12.1. The summed E-state index contributed by atoms with van der Waals surface area (Å²) in [6.07, 6.45) is 3.52. The molecule has 2 aromatic heterocycles. The number of thiophene rings is 1. The Kier molecular flexibility index (Phi) is 3.75.